The Morgan fingerprint density at radius 3 is 2.27 bits per heavy atom. The van der Waals surface area contributed by atoms with Crippen LogP contribution >= 0.6 is 0 Å². The lowest BCUT2D eigenvalue weighted by atomic mass is 10.1. The number of carbonyl (C=O) groups is 1. The quantitative estimate of drug-likeness (QED) is 0.786. The number of nitrogens with one attached hydrogen (secondary N) is 1. The van der Waals surface area contributed by atoms with E-state index in [9.17, 15) is 13.6 Å². The molecule has 3 nitrogen and oxygen atoms in total. The third kappa shape index (κ3) is 3.63. The number of hydrogen-bond acceptors (Lipinski definition) is 2. The molecule has 1 aromatic rings. The van der Waals surface area contributed by atoms with E-state index in [0.717, 1.165) is 11.1 Å². The molecular formula is C10H12F2N2O. The van der Waals surface area contributed by atoms with E-state index >= 15 is 0 Å². The Hall–Kier alpha value is -1.49. The summed E-state index contributed by atoms with van der Waals surface area (Å²) in [6.45, 7) is 0.539. The second-order valence-electron chi connectivity index (χ2n) is 3.04. The van der Waals surface area contributed by atoms with E-state index in [0.29, 0.717) is 6.54 Å². The van der Waals surface area contributed by atoms with E-state index in [-0.39, 0.29) is 6.54 Å². The molecule has 0 atom stereocenters. The molecule has 1 amide bonds. The van der Waals surface area contributed by atoms with Crippen molar-refractivity contribution in [2.24, 2.45) is 5.73 Å². The summed E-state index contributed by atoms with van der Waals surface area (Å²) in [5.41, 5.74) is 7.12. The Labute approximate surface area is 86.3 Å². The molecular weight excluding hydrogens is 202 g/mol. The first-order valence-electron chi connectivity index (χ1n) is 4.47. The Bertz CT molecular complexity index is 325. The fourth-order valence-electron chi connectivity index (χ4n) is 1.06. The maximum Gasteiger partial charge on any atom is 0.315 e. The van der Waals surface area contributed by atoms with Crippen molar-refractivity contribution in [3.05, 3.63) is 35.4 Å². The highest BCUT2D eigenvalue weighted by Crippen LogP contribution is 2.03. The number of carbonyl (C=O) groups excluding carboxylic acids is 1. The second-order valence-corrected chi connectivity index (χ2v) is 3.04. The van der Waals surface area contributed by atoms with E-state index in [1.165, 1.54) is 0 Å². The summed E-state index contributed by atoms with van der Waals surface area (Å²) in [4.78, 5) is 10.6. The van der Waals surface area contributed by atoms with Crippen molar-refractivity contribution in [1.82, 2.24) is 5.32 Å². The van der Waals surface area contributed by atoms with Gasteiger partial charge in [0.2, 0.25) is 0 Å². The van der Waals surface area contributed by atoms with Gasteiger partial charge in [0.1, 0.15) is 0 Å². The lowest BCUT2D eigenvalue weighted by Gasteiger charge is -2.05. The number of benzene rings is 1. The van der Waals surface area contributed by atoms with Crippen molar-refractivity contribution in [1.29, 1.82) is 0 Å². The Balaban J connectivity index is 2.47. The minimum Gasteiger partial charge on any atom is -0.347 e. The van der Waals surface area contributed by atoms with Gasteiger partial charge in [0.25, 0.3) is 5.91 Å². The number of rotatable bonds is 4. The Kier molecular flexibility index (Phi) is 4.17. The van der Waals surface area contributed by atoms with E-state index in [1.54, 1.807) is 24.3 Å². The molecule has 0 aliphatic carbocycles. The summed E-state index contributed by atoms with van der Waals surface area (Å²) in [5, 5.41) is 2.12. The first-order chi connectivity index (χ1) is 7.13. The molecule has 0 heterocycles. The zero-order chi connectivity index (χ0) is 11.3. The molecule has 1 rings (SSSR count). The molecule has 0 bridgehead atoms. The van der Waals surface area contributed by atoms with Gasteiger partial charge in [-0.2, -0.15) is 8.78 Å². The summed E-state index contributed by atoms with van der Waals surface area (Å²) >= 11 is 0. The van der Waals surface area contributed by atoms with Crippen LogP contribution in [0.15, 0.2) is 24.3 Å². The second kappa shape index (κ2) is 5.41. The highest BCUT2D eigenvalue weighted by atomic mass is 19.3. The van der Waals surface area contributed by atoms with Crippen molar-refractivity contribution >= 4 is 5.91 Å². The Morgan fingerprint density at radius 2 is 1.80 bits per heavy atom. The molecule has 5 heteroatoms. The molecule has 1 aromatic carbocycles. The van der Waals surface area contributed by atoms with Gasteiger partial charge >= 0.3 is 6.43 Å². The monoisotopic (exact) mass is 214 g/mol. The molecule has 0 aliphatic heterocycles. The molecule has 0 unspecified atom stereocenters. The Morgan fingerprint density at radius 1 is 1.27 bits per heavy atom. The zero-order valence-electron chi connectivity index (χ0n) is 8.04. The highest BCUT2D eigenvalue weighted by Gasteiger charge is 2.13. The van der Waals surface area contributed by atoms with Crippen molar-refractivity contribution in [3.63, 3.8) is 0 Å². The largest absolute Gasteiger partial charge is 0.347 e. The maximum absolute atomic E-state index is 11.8. The molecule has 0 spiro atoms. The highest BCUT2D eigenvalue weighted by molar-refractivity contribution is 5.78. The van der Waals surface area contributed by atoms with Crippen LogP contribution < -0.4 is 11.1 Å². The first-order valence-corrected chi connectivity index (χ1v) is 4.47. The summed E-state index contributed by atoms with van der Waals surface area (Å²) in [7, 11) is 0. The van der Waals surface area contributed by atoms with Crippen molar-refractivity contribution in [2.75, 3.05) is 0 Å². The van der Waals surface area contributed by atoms with Gasteiger partial charge in [-0.1, -0.05) is 24.3 Å². The molecule has 0 aliphatic rings. The fraction of sp³-hybridized carbons (Fsp3) is 0.300. The van der Waals surface area contributed by atoms with E-state index in [1.807, 2.05) is 0 Å². The van der Waals surface area contributed by atoms with Gasteiger partial charge in [-0.15, -0.1) is 0 Å². The van der Waals surface area contributed by atoms with Crippen LogP contribution in [0.4, 0.5) is 8.78 Å². The number of amides is 1. The van der Waals surface area contributed by atoms with Crippen LogP contribution in [0.3, 0.4) is 0 Å². The standard InChI is InChI=1S/C10H12F2N2O/c11-9(12)10(15)14-6-8-3-1-7(5-13)2-4-8/h1-4,9H,5-6,13H2,(H,14,15). The summed E-state index contributed by atoms with van der Waals surface area (Å²) in [6, 6.07) is 7.08. The topological polar surface area (TPSA) is 55.1 Å². The van der Waals surface area contributed by atoms with Gasteiger partial charge in [0, 0.05) is 13.1 Å². The number of hydrogen-bond donors (Lipinski definition) is 2. The summed E-state index contributed by atoms with van der Waals surface area (Å²) < 4.78 is 23.6. The SMILES string of the molecule is NCc1ccc(CNC(=O)C(F)F)cc1. The smallest absolute Gasteiger partial charge is 0.315 e. The number of nitrogens with two attached hydrogens (primary N) is 1. The van der Waals surface area contributed by atoms with Gasteiger partial charge in [-0.25, -0.2) is 0 Å². The maximum atomic E-state index is 11.8. The van der Waals surface area contributed by atoms with Gasteiger partial charge in [0.05, 0.1) is 0 Å². The van der Waals surface area contributed by atoms with Crippen molar-refractivity contribution in [3.8, 4) is 0 Å². The summed E-state index contributed by atoms with van der Waals surface area (Å²) in [6.07, 6.45) is -2.96. The van der Waals surface area contributed by atoms with Gasteiger partial charge in [-0.05, 0) is 11.1 Å². The number of halogens is 2. The molecule has 82 valence electrons. The molecule has 0 saturated carbocycles. The van der Waals surface area contributed by atoms with E-state index in [4.69, 9.17) is 5.73 Å². The minimum atomic E-state index is -2.96. The zero-order valence-corrected chi connectivity index (χ0v) is 8.04. The number of alkyl halides is 2. The molecule has 0 saturated heterocycles. The predicted molar refractivity (Wildman–Crippen MR) is 52.2 cm³/mol. The lowest BCUT2D eigenvalue weighted by Crippen LogP contribution is -2.28. The fourth-order valence-corrected chi connectivity index (χ4v) is 1.06. The average molecular weight is 214 g/mol. The molecule has 3 N–H and O–H groups in total. The third-order valence-electron chi connectivity index (χ3n) is 1.92. The molecule has 0 radical (unpaired) electrons. The van der Waals surface area contributed by atoms with Crippen LogP contribution in [-0.2, 0) is 17.9 Å². The van der Waals surface area contributed by atoms with Crippen LogP contribution in [0, 0.1) is 0 Å². The van der Waals surface area contributed by atoms with E-state index in [2.05, 4.69) is 5.32 Å². The van der Waals surface area contributed by atoms with Crippen molar-refractivity contribution < 1.29 is 13.6 Å². The molecule has 0 aromatic heterocycles. The van der Waals surface area contributed by atoms with Crippen LogP contribution in [0.5, 0.6) is 0 Å². The van der Waals surface area contributed by atoms with Gasteiger partial charge < -0.3 is 11.1 Å². The van der Waals surface area contributed by atoms with Crippen LogP contribution in [0.2, 0.25) is 0 Å². The third-order valence-corrected chi connectivity index (χ3v) is 1.92. The molecule has 15 heavy (non-hydrogen) atoms. The van der Waals surface area contributed by atoms with Gasteiger partial charge in [-0.3, -0.25) is 4.79 Å². The van der Waals surface area contributed by atoms with Crippen LogP contribution in [0.25, 0.3) is 0 Å². The lowest BCUT2D eigenvalue weighted by molar-refractivity contribution is -0.131. The van der Waals surface area contributed by atoms with Crippen molar-refractivity contribution in [2.45, 2.75) is 19.5 Å². The normalized spacial score (nSPS) is 10.4. The first kappa shape index (κ1) is 11.6. The van der Waals surface area contributed by atoms with E-state index < -0.39 is 12.3 Å². The average Bonchev–Trinajstić information content (AvgIpc) is 2.26. The van der Waals surface area contributed by atoms with Gasteiger partial charge in [0.15, 0.2) is 0 Å². The summed E-state index contributed by atoms with van der Waals surface area (Å²) in [5.74, 6) is -1.25. The molecule has 0 fully saturated rings. The minimum absolute atomic E-state index is 0.105. The predicted octanol–water partition coefficient (Wildman–Crippen LogP) is 1.03. The van der Waals surface area contributed by atoms with Crippen LogP contribution in [0.1, 0.15) is 11.1 Å². The van der Waals surface area contributed by atoms with Crippen LogP contribution in [-0.4, -0.2) is 12.3 Å².